The molecule has 9 heteroatoms. The Morgan fingerprint density at radius 3 is 2.79 bits per heavy atom. The molecule has 1 aliphatic heterocycles. The van der Waals surface area contributed by atoms with Crippen LogP contribution < -0.4 is 10.1 Å². The van der Waals surface area contributed by atoms with Crippen LogP contribution in [-0.4, -0.2) is 57.1 Å². The van der Waals surface area contributed by atoms with Crippen molar-refractivity contribution in [2.24, 2.45) is 0 Å². The van der Waals surface area contributed by atoms with E-state index in [0.29, 0.717) is 37.0 Å². The largest absolute Gasteiger partial charge is 0.488 e. The third-order valence-electron chi connectivity index (χ3n) is 5.68. The van der Waals surface area contributed by atoms with E-state index in [1.54, 1.807) is 10.7 Å². The van der Waals surface area contributed by atoms with Crippen LogP contribution in [0, 0.1) is 0 Å². The van der Waals surface area contributed by atoms with Crippen LogP contribution in [0.15, 0.2) is 65.3 Å². The van der Waals surface area contributed by atoms with Crippen LogP contribution in [0.2, 0.25) is 0 Å². The molecular formula is C24H24BrFN6O. The van der Waals surface area contributed by atoms with Gasteiger partial charge in [0.1, 0.15) is 24.2 Å². The number of hydrogen-bond acceptors (Lipinski definition) is 6. The Labute approximate surface area is 199 Å². The van der Waals surface area contributed by atoms with Crippen molar-refractivity contribution in [2.75, 3.05) is 25.5 Å². The Bertz CT molecular complexity index is 1240. The Balaban J connectivity index is 1.46. The summed E-state index contributed by atoms with van der Waals surface area (Å²) in [6, 6.07) is 17.7. The molecule has 2 aromatic heterocycles. The standard InChI is InChI=1S/C24H24BrFN6O/c1-31-13-18(26)12-19(14-31)28-24-30-29-23(21-9-10-27-32(21)24)20-8-7-17(25)11-22(20)33-15-16-5-3-2-4-6-16/h2-11,18-19H,12-15H2,1H3,(H,28,30)/t18-,19-/m1/s1. The van der Waals surface area contributed by atoms with E-state index in [-0.39, 0.29) is 6.04 Å². The first-order valence-electron chi connectivity index (χ1n) is 10.8. The van der Waals surface area contributed by atoms with Crippen LogP contribution in [0.1, 0.15) is 12.0 Å². The molecular weight excluding hydrogens is 487 g/mol. The molecule has 2 atom stereocenters. The molecule has 1 N–H and O–H groups in total. The van der Waals surface area contributed by atoms with Gasteiger partial charge in [0.25, 0.3) is 0 Å². The SMILES string of the molecule is CN1C[C@H](F)C[C@@H](Nc2nnc(-c3ccc(Br)cc3OCc3ccccc3)c3ccnn23)C1. The number of likely N-dealkylation sites (tertiary alicyclic amines) is 1. The Morgan fingerprint density at radius 1 is 1.12 bits per heavy atom. The molecule has 2 aromatic carbocycles. The van der Waals surface area contributed by atoms with Gasteiger partial charge in [-0.3, -0.25) is 0 Å². The van der Waals surface area contributed by atoms with Crippen LogP contribution in [0.5, 0.6) is 5.75 Å². The van der Waals surface area contributed by atoms with Crippen LogP contribution in [0.25, 0.3) is 16.8 Å². The average molecular weight is 511 g/mol. The number of halogens is 2. The maximum Gasteiger partial charge on any atom is 0.244 e. The molecule has 0 saturated carbocycles. The zero-order valence-electron chi connectivity index (χ0n) is 18.2. The van der Waals surface area contributed by atoms with Crippen molar-refractivity contribution in [1.82, 2.24) is 24.7 Å². The fourth-order valence-electron chi connectivity index (χ4n) is 4.20. The number of likely N-dealkylation sites (N-methyl/N-ethyl adjacent to an activating group) is 1. The van der Waals surface area contributed by atoms with E-state index in [0.717, 1.165) is 27.7 Å². The van der Waals surface area contributed by atoms with Gasteiger partial charge >= 0.3 is 0 Å². The van der Waals surface area contributed by atoms with Crippen LogP contribution in [0.3, 0.4) is 0 Å². The number of piperidine rings is 1. The molecule has 0 amide bonds. The zero-order valence-corrected chi connectivity index (χ0v) is 19.7. The molecule has 4 aromatic rings. The second kappa shape index (κ2) is 9.44. The number of alkyl halides is 1. The molecule has 0 spiro atoms. The predicted octanol–water partition coefficient (Wildman–Crippen LogP) is 4.59. The summed E-state index contributed by atoms with van der Waals surface area (Å²) < 4.78 is 22.8. The first kappa shape index (κ1) is 21.8. The molecule has 0 aliphatic carbocycles. The van der Waals surface area contributed by atoms with E-state index >= 15 is 0 Å². The zero-order chi connectivity index (χ0) is 22.8. The lowest BCUT2D eigenvalue weighted by Crippen LogP contribution is -2.45. The highest BCUT2D eigenvalue weighted by molar-refractivity contribution is 9.10. The molecule has 5 rings (SSSR count). The first-order chi connectivity index (χ1) is 16.1. The number of nitrogens with one attached hydrogen (secondary N) is 1. The molecule has 170 valence electrons. The third-order valence-corrected chi connectivity index (χ3v) is 6.18. The van der Waals surface area contributed by atoms with E-state index in [1.807, 2.05) is 66.5 Å². The van der Waals surface area contributed by atoms with E-state index in [1.165, 1.54) is 0 Å². The predicted molar refractivity (Wildman–Crippen MR) is 129 cm³/mol. The van der Waals surface area contributed by atoms with Crippen LogP contribution in [0.4, 0.5) is 10.3 Å². The molecule has 3 heterocycles. The minimum absolute atomic E-state index is 0.0660. The smallest absolute Gasteiger partial charge is 0.244 e. The Kier molecular flexibility index (Phi) is 6.24. The Morgan fingerprint density at radius 2 is 1.97 bits per heavy atom. The molecule has 0 bridgehead atoms. The fraction of sp³-hybridized carbons (Fsp3) is 0.292. The molecule has 0 radical (unpaired) electrons. The van der Waals surface area contributed by atoms with Crippen molar-refractivity contribution >= 4 is 27.4 Å². The summed E-state index contributed by atoms with van der Waals surface area (Å²) in [5.74, 6) is 1.19. The van der Waals surface area contributed by atoms with Crippen molar-refractivity contribution in [1.29, 1.82) is 0 Å². The number of rotatable bonds is 6. The second-order valence-electron chi connectivity index (χ2n) is 8.31. The van der Waals surface area contributed by atoms with Crippen molar-refractivity contribution in [3.63, 3.8) is 0 Å². The van der Waals surface area contributed by atoms with Gasteiger partial charge in [-0.05, 0) is 36.9 Å². The van der Waals surface area contributed by atoms with E-state index in [4.69, 9.17) is 4.74 Å². The number of benzene rings is 2. The van der Waals surface area contributed by atoms with Crippen LogP contribution >= 0.6 is 15.9 Å². The first-order valence-corrected chi connectivity index (χ1v) is 11.6. The summed E-state index contributed by atoms with van der Waals surface area (Å²) >= 11 is 3.54. The quantitative estimate of drug-likeness (QED) is 0.409. The highest BCUT2D eigenvalue weighted by Crippen LogP contribution is 2.34. The lowest BCUT2D eigenvalue weighted by atomic mass is 10.1. The minimum atomic E-state index is -0.867. The van der Waals surface area contributed by atoms with Gasteiger partial charge in [-0.25, -0.2) is 4.39 Å². The second-order valence-corrected chi connectivity index (χ2v) is 9.23. The minimum Gasteiger partial charge on any atom is -0.488 e. The number of anilines is 1. The highest BCUT2D eigenvalue weighted by Gasteiger charge is 2.26. The number of nitrogens with zero attached hydrogens (tertiary/aromatic N) is 5. The lowest BCUT2D eigenvalue weighted by molar-refractivity contribution is 0.153. The van der Waals surface area contributed by atoms with Gasteiger partial charge in [0, 0.05) is 35.6 Å². The van der Waals surface area contributed by atoms with Crippen molar-refractivity contribution in [2.45, 2.75) is 25.2 Å². The summed E-state index contributed by atoms with van der Waals surface area (Å²) in [4.78, 5) is 1.98. The monoisotopic (exact) mass is 510 g/mol. The average Bonchev–Trinajstić information content (AvgIpc) is 3.29. The number of hydrogen-bond donors (Lipinski definition) is 1. The van der Waals surface area contributed by atoms with Gasteiger partial charge in [0.2, 0.25) is 5.95 Å². The van der Waals surface area contributed by atoms with Gasteiger partial charge in [-0.1, -0.05) is 46.3 Å². The van der Waals surface area contributed by atoms with Crippen LogP contribution in [-0.2, 0) is 6.61 Å². The summed E-state index contributed by atoms with van der Waals surface area (Å²) in [5.41, 5.74) is 3.35. The Hall–Kier alpha value is -3.04. The summed E-state index contributed by atoms with van der Waals surface area (Å²) in [5, 5.41) is 16.7. The van der Waals surface area contributed by atoms with E-state index in [2.05, 4.69) is 36.5 Å². The molecule has 1 fully saturated rings. The van der Waals surface area contributed by atoms with E-state index in [9.17, 15) is 4.39 Å². The van der Waals surface area contributed by atoms with Gasteiger partial charge in [0.15, 0.2) is 0 Å². The van der Waals surface area contributed by atoms with Gasteiger partial charge in [-0.15, -0.1) is 10.2 Å². The highest BCUT2D eigenvalue weighted by atomic mass is 79.9. The summed E-state index contributed by atoms with van der Waals surface area (Å²) in [7, 11) is 1.92. The normalized spacial score (nSPS) is 19.0. The van der Waals surface area contributed by atoms with Gasteiger partial charge in [-0.2, -0.15) is 9.61 Å². The number of fused-ring (bicyclic) bond motifs is 1. The summed E-state index contributed by atoms with van der Waals surface area (Å²) in [6.07, 6.45) is 1.27. The molecule has 33 heavy (non-hydrogen) atoms. The fourth-order valence-corrected chi connectivity index (χ4v) is 4.54. The van der Waals surface area contributed by atoms with E-state index < -0.39 is 6.17 Å². The van der Waals surface area contributed by atoms with Crippen molar-refractivity contribution in [3.05, 3.63) is 70.8 Å². The van der Waals surface area contributed by atoms with Crippen molar-refractivity contribution < 1.29 is 9.13 Å². The maximum atomic E-state index is 14.0. The van der Waals surface area contributed by atoms with Crippen molar-refractivity contribution in [3.8, 4) is 17.0 Å². The van der Waals surface area contributed by atoms with Gasteiger partial charge in [0.05, 0.1) is 11.7 Å². The molecule has 0 unspecified atom stereocenters. The number of aromatic nitrogens is 4. The lowest BCUT2D eigenvalue weighted by Gasteiger charge is -2.32. The third kappa shape index (κ3) is 4.84. The molecule has 1 saturated heterocycles. The van der Waals surface area contributed by atoms with Gasteiger partial charge < -0.3 is 15.0 Å². The molecule has 7 nitrogen and oxygen atoms in total. The maximum absolute atomic E-state index is 14.0. The topological polar surface area (TPSA) is 67.6 Å². The number of ether oxygens (including phenoxy) is 1. The summed E-state index contributed by atoms with van der Waals surface area (Å²) in [6.45, 7) is 1.62. The molecule has 1 aliphatic rings.